The summed E-state index contributed by atoms with van der Waals surface area (Å²) in [6.45, 7) is -0.565. The van der Waals surface area contributed by atoms with Gasteiger partial charge in [-0.15, -0.1) is 0 Å². The topological polar surface area (TPSA) is 106 Å². The molecular formula is C19H15Cl2N3O5S. The Morgan fingerprint density at radius 1 is 1.30 bits per heavy atom. The first-order valence-corrected chi connectivity index (χ1v) is 10.2. The standard InChI is InChI=1S/C19H15Cl2N3O5S/c1-24-16(26)8-14(18(24)27)30-17-11(3-2-6-22-17)19(28)29-9-15(25)23-13-7-10(20)4-5-12(13)21/h2-7,14H,8-9H2,1H3,(H,23,25). The van der Waals surface area contributed by atoms with Gasteiger partial charge in [-0.3, -0.25) is 19.3 Å². The Morgan fingerprint density at radius 2 is 2.07 bits per heavy atom. The maximum Gasteiger partial charge on any atom is 0.341 e. The maximum atomic E-state index is 12.5. The summed E-state index contributed by atoms with van der Waals surface area (Å²) in [6.07, 6.45) is 1.48. The van der Waals surface area contributed by atoms with Crippen LogP contribution in [0.3, 0.4) is 0 Å². The lowest BCUT2D eigenvalue weighted by molar-refractivity contribution is -0.136. The van der Waals surface area contributed by atoms with Gasteiger partial charge in [-0.2, -0.15) is 0 Å². The molecule has 11 heteroatoms. The molecule has 30 heavy (non-hydrogen) atoms. The summed E-state index contributed by atoms with van der Waals surface area (Å²) in [5.74, 6) is -2.05. The van der Waals surface area contributed by atoms with Gasteiger partial charge in [-0.05, 0) is 30.3 Å². The number of ether oxygens (including phenoxy) is 1. The van der Waals surface area contributed by atoms with Crippen LogP contribution in [0.25, 0.3) is 0 Å². The molecule has 8 nitrogen and oxygen atoms in total. The van der Waals surface area contributed by atoms with Crippen molar-refractivity contribution in [3.8, 4) is 0 Å². The summed E-state index contributed by atoms with van der Waals surface area (Å²) in [5, 5.41) is 2.74. The highest BCUT2D eigenvalue weighted by atomic mass is 35.5. The number of esters is 1. The van der Waals surface area contributed by atoms with Crippen LogP contribution in [0.15, 0.2) is 41.6 Å². The molecule has 0 saturated carbocycles. The minimum Gasteiger partial charge on any atom is -0.452 e. The minimum atomic E-state index is -0.789. The molecule has 0 spiro atoms. The number of rotatable bonds is 6. The molecular weight excluding hydrogens is 453 g/mol. The monoisotopic (exact) mass is 467 g/mol. The molecule has 3 amide bonds. The van der Waals surface area contributed by atoms with Crippen molar-refractivity contribution < 1.29 is 23.9 Å². The normalized spacial score (nSPS) is 16.0. The number of amides is 3. The van der Waals surface area contributed by atoms with Crippen molar-refractivity contribution in [1.82, 2.24) is 9.88 Å². The van der Waals surface area contributed by atoms with E-state index >= 15 is 0 Å². The molecule has 1 atom stereocenters. The van der Waals surface area contributed by atoms with Crippen molar-refractivity contribution in [1.29, 1.82) is 0 Å². The van der Waals surface area contributed by atoms with Gasteiger partial charge in [0.25, 0.3) is 5.91 Å². The predicted octanol–water partition coefficient (Wildman–Crippen LogP) is 3.03. The van der Waals surface area contributed by atoms with Crippen molar-refractivity contribution >= 4 is 64.3 Å². The number of carbonyl (C=O) groups is 4. The number of pyridine rings is 1. The molecule has 1 unspecified atom stereocenters. The van der Waals surface area contributed by atoms with Crippen molar-refractivity contribution in [3.05, 3.63) is 52.1 Å². The van der Waals surface area contributed by atoms with E-state index in [0.29, 0.717) is 5.02 Å². The Kier molecular flexibility index (Phi) is 6.96. The number of hydrogen-bond acceptors (Lipinski definition) is 7. The zero-order valence-electron chi connectivity index (χ0n) is 15.6. The number of imide groups is 1. The number of anilines is 1. The second-order valence-corrected chi connectivity index (χ2v) is 8.24. The number of benzene rings is 1. The Bertz CT molecular complexity index is 1030. The number of nitrogens with zero attached hydrogens (tertiary/aromatic N) is 2. The molecule has 0 radical (unpaired) electrons. The fourth-order valence-corrected chi connectivity index (χ4v) is 4.07. The summed E-state index contributed by atoms with van der Waals surface area (Å²) in [4.78, 5) is 53.5. The Morgan fingerprint density at radius 3 is 2.77 bits per heavy atom. The van der Waals surface area contributed by atoms with E-state index in [1.807, 2.05) is 0 Å². The first-order valence-electron chi connectivity index (χ1n) is 8.60. The van der Waals surface area contributed by atoms with E-state index in [1.54, 1.807) is 6.07 Å². The number of likely N-dealkylation sites (tertiary alicyclic amines) is 1. The Labute approximate surface area is 185 Å². The van der Waals surface area contributed by atoms with Gasteiger partial charge in [0.05, 0.1) is 21.5 Å². The van der Waals surface area contributed by atoms with Crippen LogP contribution in [0.1, 0.15) is 16.8 Å². The molecule has 156 valence electrons. The lowest BCUT2D eigenvalue weighted by atomic mass is 10.3. The van der Waals surface area contributed by atoms with Gasteiger partial charge >= 0.3 is 5.97 Å². The van der Waals surface area contributed by atoms with E-state index in [-0.39, 0.29) is 39.5 Å². The molecule has 0 aliphatic carbocycles. The molecule has 1 aliphatic heterocycles. The Hall–Kier alpha value is -2.62. The van der Waals surface area contributed by atoms with Crippen LogP contribution in [0.2, 0.25) is 10.0 Å². The highest BCUT2D eigenvalue weighted by molar-refractivity contribution is 8.00. The van der Waals surface area contributed by atoms with E-state index in [0.717, 1.165) is 16.7 Å². The number of hydrogen-bond donors (Lipinski definition) is 1. The van der Waals surface area contributed by atoms with Crippen LogP contribution in [0, 0.1) is 0 Å². The third kappa shape index (κ3) is 5.10. The molecule has 1 aromatic heterocycles. The van der Waals surface area contributed by atoms with Crippen LogP contribution in [0.4, 0.5) is 5.69 Å². The van der Waals surface area contributed by atoms with Crippen LogP contribution in [-0.4, -0.2) is 52.5 Å². The van der Waals surface area contributed by atoms with E-state index in [4.69, 9.17) is 27.9 Å². The molecule has 1 N–H and O–H groups in total. The molecule has 1 aliphatic rings. The fraction of sp³-hybridized carbons (Fsp3) is 0.211. The first-order chi connectivity index (χ1) is 14.3. The van der Waals surface area contributed by atoms with Gasteiger partial charge < -0.3 is 10.1 Å². The molecule has 1 aromatic carbocycles. The summed E-state index contributed by atoms with van der Waals surface area (Å²) < 4.78 is 5.06. The zero-order valence-corrected chi connectivity index (χ0v) is 17.9. The van der Waals surface area contributed by atoms with E-state index in [2.05, 4.69) is 10.3 Å². The van der Waals surface area contributed by atoms with E-state index in [1.165, 1.54) is 37.5 Å². The van der Waals surface area contributed by atoms with E-state index < -0.39 is 23.7 Å². The average molecular weight is 468 g/mol. The molecule has 1 fully saturated rings. The third-order valence-corrected chi connectivity index (χ3v) is 5.89. The SMILES string of the molecule is CN1C(=O)CC(Sc2ncccc2C(=O)OCC(=O)Nc2cc(Cl)ccc2Cl)C1=O. The number of nitrogens with one attached hydrogen (secondary N) is 1. The molecule has 2 aromatic rings. The molecule has 3 rings (SSSR count). The number of halogens is 2. The molecule has 0 bridgehead atoms. The van der Waals surface area contributed by atoms with Crippen molar-refractivity contribution in [3.63, 3.8) is 0 Å². The first kappa shape index (κ1) is 22.1. The van der Waals surface area contributed by atoms with Gasteiger partial charge in [-0.25, -0.2) is 9.78 Å². The summed E-state index contributed by atoms with van der Waals surface area (Å²) >= 11 is 12.9. The number of aromatic nitrogens is 1. The smallest absolute Gasteiger partial charge is 0.341 e. The maximum absolute atomic E-state index is 12.5. The Balaban J connectivity index is 1.63. The second kappa shape index (κ2) is 9.46. The average Bonchev–Trinajstić information content (AvgIpc) is 2.96. The lowest BCUT2D eigenvalue weighted by Gasteiger charge is -2.12. The van der Waals surface area contributed by atoms with Gasteiger partial charge in [0.15, 0.2) is 6.61 Å². The predicted molar refractivity (Wildman–Crippen MR) is 112 cm³/mol. The van der Waals surface area contributed by atoms with E-state index in [9.17, 15) is 19.2 Å². The van der Waals surface area contributed by atoms with Gasteiger partial charge in [0, 0.05) is 24.7 Å². The van der Waals surface area contributed by atoms with Crippen LogP contribution < -0.4 is 5.32 Å². The van der Waals surface area contributed by atoms with Gasteiger partial charge in [-0.1, -0.05) is 35.0 Å². The van der Waals surface area contributed by atoms with Crippen LogP contribution in [-0.2, 0) is 19.1 Å². The number of carbonyl (C=O) groups excluding carboxylic acids is 4. The van der Waals surface area contributed by atoms with Crippen LogP contribution >= 0.6 is 35.0 Å². The summed E-state index contributed by atoms with van der Waals surface area (Å²) in [5.41, 5.74) is 0.377. The van der Waals surface area contributed by atoms with Crippen LogP contribution in [0.5, 0.6) is 0 Å². The van der Waals surface area contributed by atoms with Gasteiger partial charge in [0.2, 0.25) is 11.8 Å². The quantitative estimate of drug-likeness (QED) is 0.513. The lowest BCUT2D eigenvalue weighted by Crippen LogP contribution is -2.26. The summed E-state index contributed by atoms with van der Waals surface area (Å²) in [6, 6.07) is 7.56. The molecule has 1 saturated heterocycles. The fourth-order valence-electron chi connectivity index (χ4n) is 2.58. The third-order valence-electron chi connectivity index (χ3n) is 4.12. The summed E-state index contributed by atoms with van der Waals surface area (Å²) in [7, 11) is 1.41. The zero-order chi connectivity index (χ0) is 21.8. The van der Waals surface area contributed by atoms with Crippen molar-refractivity contribution in [2.45, 2.75) is 16.7 Å². The second-order valence-electron chi connectivity index (χ2n) is 6.21. The highest BCUT2D eigenvalue weighted by Gasteiger charge is 2.37. The van der Waals surface area contributed by atoms with Crippen molar-refractivity contribution in [2.75, 3.05) is 19.0 Å². The minimum absolute atomic E-state index is 0.0217. The molecule has 2 heterocycles. The number of thioether (sulfide) groups is 1. The largest absolute Gasteiger partial charge is 0.452 e. The highest BCUT2D eigenvalue weighted by Crippen LogP contribution is 2.32. The van der Waals surface area contributed by atoms with Gasteiger partial charge in [0.1, 0.15) is 5.03 Å². The van der Waals surface area contributed by atoms with Crippen molar-refractivity contribution in [2.24, 2.45) is 0 Å².